The summed E-state index contributed by atoms with van der Waals surface area (Å²) in [7, 11) is 0. The van der Waals surface area contributed by atoms with Crippen molar-refractivity contribution < 1.29 is 9.47 Å². The van der Waals surface area contributed by atoms with E-state index in [-0.39, 0.29) is 0 Å². The van der Waals surface area contributed by atoms with Crippen molar-refractivity contribution in [1.82, 2.24) is 0 Å². The Morgan fingerprint density at radius 2 is 1.75 bits per heavy atom. The summed E-state index contributed by atoms with van der Waals surface area (Å²) in [6, 6.07) is 16.7. The van der Waals surface area contributed by atoms with Gasteiger partial charge in [-0.25, -0.2) is 0 Å². The van der Waals surface area contributed by atoms with E-state index in [1.807, 2.05) is 19.1 Å². The molecule has 0 fully saturated rings. The average Bonchev–Trinajstić information content (AvgIpc) is 2.62. The molecule has 2 N–H and O–H groups in total. The molecule has 24 heavy (non-hydrogen) atoms. The van der Waals surface area contributed by atoms with E-state index in [9.17, 15) is 0 Å². The van der Waals surface area contributed by atoms with Gasteiger partial charge in [-0.3, -0.25) is 0 Å². The van der Waals surface area contributed by atoms with Gasteiger partial charge in [0.25, 0.3) is 0 Å². The molecule has 0 bridgehead atoms. The van der Waals surface area contributed by atoms with Gasteiger partial charge in [0.15, 0.2) is 11.5 Å². The molecule has 0 amide bonds. The molecule has 0 saturated heterocycles. The first-order valence-corrected chi connectivity index (χ1v) is 8.92. The Labute approximate surface area is 145 Å². The lowest BCUT2D eigenvalue weighted by atomic mass is 9.92. The Hall–Kier alpha value is -2.00. The molecule has 0 aromatic heterocycles. The minimum absolute atomic E-state index is 0.313. The average molecular weight is 327 g/mol. The first-order chi connectivity index (χ1) is 11.8. The van der Waals surface area contributed by atoms with Crippen molar-refractivity contribution >= 4 is 0 Å². The highest BCUT2D eigenvalue weighted by Gasteiger charge is 2.13. The molecular weight excluding hydrogens is 298 g/mol. The highest BCUT2D eigenvalue weighted by atomic mass is 16.5. The lowest BCUT2D eigenvalue weighted by Gasteiger charge is -2.17. The number of unbranched alkanes of at least 4 members (excludes halogenated alkanes) is 1. The van der Waals surface area contributed by atoms with Crippen LogP contribution in [-0.2, 0) is 6.42 Å². The molecule has 130 valence electrons. The normalized spacial score (nSPS) is 12.0. The van der Waals surface area contributed by atoms with E-state index in [1.165, 1.54) is 11.1 Å². The minimum atomic E-state index is 0.313. The molecular formula is C21H29NO2. The van der Waals surface area contributed by atoms with Crippen LogP contribution in [0.1, 0.15) is 43.7 Å². The number of hydrogen-bond acceptors (Lipinski definition) is 3. The molecule has 0 radical (unpaired) electrons. The zero-order valence-corrected chi connectivity index (χ0v) is 14.8. The molecule has 1 atom stereocenters. The molecule has 3 nitrogen and oxygen atoms in total. The summed E-state index contributed by atoms with van der Waals surface area (Å²) >= 11 is 0. The van der Waals surface area contributed by atoms with Gasteiger partial charge in [-0.15, -0.1) is 0 Å². The largest absolute Gasteiger partial charge is 0.490 e. The molecule has 0 spiro atoms. The third kappa shape index (κ3) is 5.27. The molecule has 2 aromatic rings. The van der Waals surface area contributed by atoms with Crippen molar-refractivity contribution in [1.29, 1.82) is 0 Å². The first kappa shape index (κ1) is 18.3. The van der Waals surface area contributed by atoms with E-state index >= 15 is 0 Å². The highest BCUT2D eigenvalue weighted by molar-refractivity contribution is 5.43. The second-order valence-electron chi connectivity index (χ2n) is 5.96. The Morgan fingerprint density at radius 3 is 2.42 bits per heavy atom. The van der Waals surface area contributed by atoms with Crippen molar-refractivity contribution in [2.24, 2.45) is 5.73 Å². The summed E-state index contributed by atoms with van der Waals surface area (Å²) in [6.07, 6.45) is 3.07. The van der Waals surface area contributed by atoms with Crippen LogP contribution in [0.4, 0.5) is 0 Å². The summed E-state index contributed by atoms with van der Waals surface area (Å²) in [6.45, 7) is 6.14. The standard InChI is InChI=1S/C21H29NO2/c1-3-5-13-24-20-12-11-17(15-21(20)23-4-2)14-19(16-22)18-9-7-6-8-10-18/h6-12,15,19H,3-5,13-14,16,22H2,1-2H3. The van der Waals surface area contributed by atoms with Crippen LogP contribution in [0.2, 0.25) is 0 Å². The predicted octanol–water partition coefficient (Wildman–Crippen LogP) is 4.55. The summed E-state index contributed by atoms with van der Waals surface area (Å²) in [4.78, 5) is 0. The number of rotatable bonds is 10. The van der Waals surface area contributed by atoms with Crippen molar-refractivity contribution in [3.63, 3.8) is 0 Å². The SMILES string of the molecule is CCCCOc1ccc(CC(CN)c2ccccc2)cc1OCC. The van der Waals surface area contributed by atoms with Crippen molar-refractivity contribution in [3.05, 3.63) is 59.7 Å². The number of ether oxygens (including phenoxy) is 2. The Morgan fingerprint density at radius 1 is 0.958 bits per heavy atom. The van der Waals surface area contributed by atoms with Gasteiger partial charge in [0.05, 0.1) is 13.2 Å². The third-order valence-corrected chi connectivity index (χ3v) is 4.10. The van der Waals surface area contributed by atoms with E-state index < -0.39 is 0 Å². The minimum Gasteiger partial charge on any atom is -0.490 e. The smallest absolute Gasteiger partial charge is 0.161 e. The van der Waals surface area contributed by atoms with Crippen LogP contribution in [0.25, 0.3) is 0 Å². The maximum atomic E-state index is 6.00. The van der Waals surface area contributed by atoms with Crippen LogP contribution in [0.3, 0.4) is 0 Å². The topological polar surface area (TPSA) is 44.5 Å². The summed E-state index contributed by atoms with van der Waals surface area (Å²) in [5.41, 5.74) is 8.51. The van der Waals surface area contributed by atoms with Gasteiger partial charge >= 0.3 is 0 Å². The monoisotopic (exact) mass is 327 g/mol. The molecule has 3 heteroatoms. The van der Waals surface area contributed by atoms with Crippen LogP contribution in [0, 0.1) is 0 Å². The van der Waals surface area contributed by atoms with Crippen molar-refractivity contribution in [3.8, 4) is 11.5 Å². The number of benzene rings is 2. The van der Waals surface area contributed by atoms with Gasteiger partial charge in [0.1, 0.15) is 0 Å². The van der Waals surface area contributed by atoms with E-state index in [1.54, 1.807) is 0 Å². The van der Waals surface area contributed by atoms with Crippen LogP contribution in [0.5, 0.6) is 11.5 Å². The molecule has 0 aliphatic heterocycles. The molecule has 2 aromatic carbocycles. The Balaban J connectivity index is 2.13. The second-order valence-corrected chi connectivity index (χ2v) is 5.96. The van der Waals surface area contributed by atoms with Crippen LogP contribution >= 0.6 is 0 Å². The maximum absolute atomic E-state index is 6.00. The van der Waals surface area contributed by atoms with Gasteiger partial charge in [-0.2, -0.15) is 0 Å². The second kappa shape index (κ2) is 9.99. The van der Waals surface area contributed by atoms with Gasteiger partial charge in [0.2, 0.25) is 0 Å². The zero-order chi connectivity index (χ0) is 17.2. The third-order valence-electron chi connectivity index (χ3n) is 4.10. The van der Waals surface area contributed by atoms with Gasteiger partial charge < -0.3 is 15.2 Å². The van der Waals surface area contributed by atoms with Gasteiger partial charge in [0, 0.05) is 5.92 Å². The fraction of sp³-hybridized carbons (Fsp3) is 0.429. The van der Waals surface area contributed by atoms with E-state index in [2.05, 4.69) is 43.3 Å². The lowest BCUT2D eigenvalue weighted by molar-refractivity contribution is 0.272. The van der Waals surface area contributed by atoms with Crippen molar-refractivity contribution in [2.75, 3.05) is 19.8 Å². The highest BCUT2D eigenvalue weighted by Crippen LogP contribution is 2.31. The molecule has 0 aliphatic carbocycles. The lowest BCUT2D eigenvalue weighted by Crippen LogP contribution is -2.15. The molecule has 1 unspecified atom stereocenters. The predicted molar refractivity (Wildman–Crippen MR) is 100.0 cm³/mol. The maximum Gasteiger partial charge on any atom is 0.161 e. The summed E-state index contributed by atoms with van der Waals surface area (Å²) in [5.74, 6) is 1.97. The summed E-state index contributed by atoms with van der Waals surface area (Å²) in [5, 5.41) is 0. The fourth-order valence-corrected chi connectivity index (χ4v) is 2.74. The zero-order valence-electron chi connectivity index (χ0n) is 14.8. The molecule has 0 saturated carbocycles. The molecule has 2 rings (SSSR count). The van der Waals surface area contributed by atoms with Crippen LogP contribution < -0.4 is 15.2 Å². The molecule has 0 aliphatic rings. The van der Waals surface area contributed by atoms with E-state index in [4.69, 9.17) is 15.2 Å². The fourth-order valence-electron chi connectivity index (χ4n) is 2.74. The number of nitrogens with two attached hydrogens (primary N) is 1. The van der Waals surface area contributed by atoms with E-state index in [0.29, 0.717) is 19.1 Å². The Kier molecular flexibility index (Phi) is 7.63. The number of hydrogen-bond donors (Lipinski definition) is 1. The van der Waals surface area contributed by atoms with Gasteiger partial charge in [-0.05, 0) is 49.6 Å². The first-order valence-electron chi connectivity index (χ1n) is 8.92. The summed E-state index contributed by atoms with van der Waals surface area (Å²) < 4.78 is 11.6. The van der Waals surface area contributed by atoms with Crippen molar-refractivity contribution in [2.45, 2.75) is 39.0 Å². The van der Waals surface area contributed by atoms with E-state index in [0.717, 1.165) is 37.4 Å². The van der Waals surface area contributed by atoms with Crippen LogP contribution in [0.15, 0.2) is 48.5 Å². The Bertz CT molecular complexity index is 598. The molecule has 0 heterocycles. The van der Waals surface area contributed by atoms with Gasteiger partial charge in [-0.1, -0.05) is 49.7 Å². The quantitative estimate of drug-likeness (QED) is 0.651. The van der Waals surface area contributed by atoms with Crippen LogP contribution in [-0.4, -0.2) is 19.8 Å².